The fourth-order valence-electron chi connectivity index (χ4n) is 3.54. The first-order chi connectivity index (χ1) is 14.3. The van der Waals surface area contributed by atoms with Crippen LogP contribution in [0.15, 0.2) is 84.2 Å². The number of hydrogen-bond donors (Lipinski definition) is 1. The van der Waals surface area contributed by atoms with E-state index in [1.54, 1.807) is 11.3 Å². The molecule has 0 amide bonds. The molecule has 29 heavy (non-hydrogen) atoms. The highest BCUT2D eigenvalue weighted by Crippen LogP contribution is 2.37. The van der Waals surface area contributed by atoms with Gasteiger partial charge in [-0.25, -0.2) is 4.98 Å². The van der Waals surface area contributed by atoms with Gasteiger partial charge in [0.2, 0.25) is 0 Å². The summed E-state index contributed by atoms with van der Waals surface area (Å²) in [5.74, 6) is 0.862. The van der Waals surface area contributed by atoms with Crippen molar-refractivity contribution in [2.24, 2.45) is 0 Å². The number of aromatic nitrogens is 2. The third-order valence-electron chi connectivity index (χ3n) is 4.99. The molecule has 0 fully saturated rings. The summed E-state index contributed by atoms with van der Waals surface area (Å²) in [6, 6.07) is 26.7. The molecule has 142 valence electrons. The lowest BCUT2D eigenvalue weighted by atomic mass is 10.1. The minimum absolute atomic E-state index is 0.556. The molecule has 0 unspecified atom stereocenters. The molecule has 0 saturated heterocycles. The van der Waals surface area contributed by atoms with E-state index in [9.17, 15) is 0 Å². The minimum Gasteiger partial charge on any atom is -0.489 e. The second kappa shape index (κ2) is 7.57. The Hall–Kier alpha value is -3.37. The lowest BCUT2D eigenvalue weighted by Crippen LogP contribution is -1.94. The number of aryl methyl sites for hydroxylation is 1. The Balaban J connectivity index is 1.49. The Labute approximate surface area is 173 Å². The van der Waals surface area contributed by atoms with Crippen LogP contribution in [-0.4, -0.2) is 9.97 Å². The molecule has 0 spiro atoms. The maximum Gasteiger partial charge on any atom is 0.126 e. The predicted molar refractivity (Wildman–Crippen MR) is 120 cm³/mol. The number of hydrogen-bond acceptors (Lipinski definition) is 3. The summed E-state index contributed by atoms with van der Waals surface area (Å²) >= 11 is 1.68. The van der Waals surface area contributed by atoms with Gasteiger partial charge in [-0.1, -0.05) is 60.7 Å². The second-order valence-electron chi connectivity index (χ2n) is 7.01. The van der Waals surface area contributed by atoms with E-state index in [1.165, 1.54) is 0 Å². The molecule has 5 aromatic rings. The molecule has 1 N–H and O–H groups in total. The van der Waals surface area contributed by atoms with E-state index in [4.69, 9.17) is 9.72 Å². The van der Waals surface area contributed by atoms with E-state index in [2.05, 4.69) is 53.7 Å². The molecule has 2 heterocycles. The topological polar surface area (TPSA) is 37.9 Å². The third kappa shape index (κ3) is 3.55. The van der Waals surface area contributed by atoms with Crippen LogP contribution >= 0.6 is 11.3 Å². The molecule has 0 radical (unpaired) electrons. The second-order valence-corrected chi connectivity index (χ2v) is 7.87. The van der Waals surface area contributed by atoms with E-state index < -0.39 is 0 Å². The molecule has 0 bridgehead atoms. The molecule has 2 aromatic heterocycles. The van der Waals surface area contributed by atoms with Crippen molar-refractivity contribution in [3.8, 4) is 27.6 Å². The standard InChI is InChI=1S/C25H20N2OS/c1-17-24(25-27-23(16-29-25)19-10-6-3-7-11-19)21-14-20(12-13-22(21)26-17)28-15-18-8-4-2-5-9-18/h2-14,16,26H,15H2,1H3. The number of fused-ring (bicyclic) bond motifs is 1. The highest BCUT2D eigenvalue weighted by molar-refractivity contribution is 7.13. The normalized spacial score (nSPS) is 11.1. The summed E-state index contributed by atoms with van der Waals surface area (Å²) in [7, 11) is 0. The number of H-pyrrole nitrogens is 1. The number of ether oxygens (including phenoxy) is 1. The van der Waals surface area contributed by atoms with Crippen LogP contribution < -0.4 is 4.74 Å². The first-order valence-electron chi connectivity index (χ1n) is 9.58. The zero-order valence-electron chi connectivity index (χ0n) is 16.1. The summed E-state index contributed by atoms with van der Waals surface area (Å²) in [5, 5.41) is 4.29. The molecular formula is C25H20N2OS. The number of benzene rings is 3. The Morgan fingerprint density at radius 1 is 0.931 bits per heavy atom. The van der Waals surface area contributed by atoms with Gasteiger partial charge in [-0.15, -0.1) is 11.3 Å². The van der Waals surface area contributed by atoms with Gasteiger partial charge in [-0.2, -0.15) is 0 Å². The van der Waals surface area contributed by atoms with Crippen molar-refractivity contribution in [2.75, 3.05) is 0 Å². The third-order valence-corrected chi connectivity index (χ3v) is 5.85. The first-order valence-corrected chi connectivity index (χ1v) is 10.5. The average Bonchev–Trinajstić information content (AvgIpc) is 3.37. The zero-order chi connectivity index (χ0) is 19.6. The van der Waals surface area contributed by atoms with E-state index in [-0.39, 0.29) is 0 Å². The number of aromatic amines is 1. The molecule has 5 rings (SSSR count). The van der Waals surface area contributed by atoms with Gasteiger partial charge in [0.25, 0.3) is 0 Å². The van der Waals surface area contributed by atoms with Crippen molar-refractivity contribution in [1.82, 2.24) is 9.97 Å². The molecule has 4 heteroatoms. The van der Waals surface area contributed by atoms with Gasteiger partial charge in [0, 0.05) is 33.1 Å². The Morgan fingerprint density at radius 2 is 1.69 bits per heavy atom. The van der Waals surface area contributed by atoms with E-state index >= 15 is 0 Å². The maximum atomic E-state index is 6.04. The summed E-state index contributed by atoms with van der Waals surface area (Å²) in [5.41, 5.74) is 6.67. The van der Waals surface area contributed by atoms with Crippen LogP contribution in [0.1, 0.15) is 11.3 Å². The average molecular weight is 397 g/mol. The highest BCUT2D eigenvalue weighted by Gasteiger charge is 2.15. The molecule has 0 saturated carbocycles. The van der Waals surface area contributed by atoms with Crippen molar-refractivity contribution in [2.45, 2.75) is 13.5 Å². The monoisotopic (exact) mass is 396 g/mol. The summed E-state index contributed by atoms with van der Waals surface area (Å²) in [4.78, 5) is 8.40. The van der Waals surface area contributed by atoms with Crippen LogP contribution in [0, 0.1) is 6.92 Å². The van der Waals surface area contributed by atoms with Crippen LogP contribution in [-0.2, 0) is 6.61 Å². The molecule has 0 aliphatic rings. The lowest BCUT2D eigenvalue weighted by Gasteiger charge is -2.07. The van der Waals surface area contributed by atoms with Crippen LogP contribution in [0.2, 0.25) is 0 Å². The molecule has 3 nitrogen and oxygen atoms in total. The van der Waals surface area contributed by atoms with Crippen molar-refractivity contribution < 1.29 is 4.74 Å². The summed E-state index contributed by atoms with van der Waals surface area (Å²) < 4.78 is 6.04. The van der Waals surface area contributed by atoms with Crippen LogP contribution in [0.5, 0.6) is 5.75 Å². The SMILES string of the molecule is Cc1[nH]c2ccc(OCc3ccccc3)cc2c1-c1nc(-c2ccccc2)cs1. The summed E-state index contributed by atoms with van der Waals surface area (Å²) in [6.07, 6.45) is 0. The lowest BCUT2D eigenvalue weighted by molar-refractivity contribution is 0.306. The number of nitrogens with zero attached hydrogens (tertiary/aromatic N) is 1. The van der Waals surface area contributed by atoms with Gasteiger partial charge in [0.15, 0.2) is 0 Å². The van der Waals surface area contributed by atoms with Gasteiger partial charge >= 0.3 is 0 Å². The largest absolute Gasteiger partial charge is 0.489 e. The van der Waals surface area contributed by atoms with Gasteiger partial charge in [0.05, 0.1) is 5.69 Å². The number of thiazole rings is 1. The van der Waals surface area contributed by atoms with Gasteiger partial charge < -0.3 is 9.72 Å². The number of rotatable bonds is 5. The fourth-order valence-corrected chi connectivity index (χ4v) is 4.49. The van der Waals surface area contributed by atoms with Crippen molar-refractivity contribution in [3.63, 3.8) is 0 Å². The molecule has 0 aliphatic carbocycles. The maximum absolute atomic E-state index is 6.04. The molecule has 0 aliphatic heterocycles. The quantitative estimate of drug-likeness (QED) is 0.353. The predicted octanol–water partition coefficient (Wildman–Crippen LogP) is 6.85. The van der Waals surface area contributed by atoms with Crippen molar-refractivity contribution in [3.05, 3.63) is 95.5 Å². The highest BCUT2D eigenvalue weighted by atomic mass is 32.1. The Kier molecular flexibility index (Phi) is 4.62. The Morgan fingerprint density at radius 3 is 2.48 bits per heavy atom. The van der Waals surface area contributed by atoms with Gasteiger partial charge in [-0.05, 0) is 30.7 Å². The van der Waals surface area contributed by atoms with Gasteiger partial charge in [-0.3, -0.25) is 0 Å². The molecular weight excluding hydrogens is 376 g/mol. The van der Waals surface area contributed by atoms with Crippen LogP contribution in [0.3, 0.4) is 0 Å². The van der Waals surface area contributed by atoms with Crippen molar-refractivity contribution in [1.29, 1.82) is 0 Å². The van der Waals surface area contributed by atoms with Crippen molar-refractivity contribution >= 4 is 22.2 Å². The minimum atomic E-state index is 0.556. The Bertz CT molecular complexity index is 1260. The van der Waals surface area contributed by atoms with E-state index in [1.807, 2.05) is 42.5 Å². The van der Waals surface area contributed by atoms with E-state index in [0.717, 1.165) is 49.7 Å². The zero-order valence-corrected chi connectivity index (χ0v) is 16.9. The fraction of sp³-hybridized carbons (Fsp3) is 0.0800. The van der Waals surface area contributed by atoms with Crippen LogP contribution in [0.25, 0.3) is 32.7 Å². The first kappa shape index (κ1) is 17.7. The number of nitrogens with one attached hydrogen (secondary N) is 1. The summed E-state index contributed by atoms with van der Waals surface area (Å²) in [6.45, 7) is 2.66. The molecule has 3 aromatic carbocycles. The molecule has 0 atom stereocenters. The van der Waals surface area contributed by atoms with Crippen LogP contribution in [0.4, 0.5) is 0 Å². The smallest absolute Gasteiger partial charge is 0.126 e. The van der Waals surface area contributed by atoms with E-state index in [0.29, 0.717) is 6.61 Å². The van der Waals surface area contributed by atoms with Gasteiger partial charge in [0.1, 0.15) is 17.4 Å².